The molecule has 0 bridgehead atoms. The molecule has 0 saturated carbocycles. The van der Waals surface area contributed by atoms with Crippen LogP contribution in [0.1, 0.15) is 19.2 Å². The molecule has 5 nitrogen and oxygen atoms in total. The van der Waals surface area contributed by atoms with Crippen LogP contribution in [0.3, 0.4) is 0 Å². The monoisotopic (exact) mass is 295 g/mol. The van der Waals surface area contributed by atoms with Gasteiger partial charge < -0.3 is 9.63 Å². The van der Waals surface area contributed by atoms with Gasteiger partial charge in [-0.3, -0.25) is 4.90 Å². The summed E-state index contributed by atoms with van der Waals surface area (Å²) < 4.78 is 5.24. The number of benzene rings is 1. The molecule has 0 aliphatic heterocycles. The van der Waals surface area contributed by atoms with Gasteiger partial charge in [0.25, 0.3) is 5.89 Å². The van der Waals surface area contributed by atoms with E-state index >= 15 is 0 Å². The minimum absolute atomic E-state index is 0.304. The first kappa shape index (κ1) is 15.0. The third-order valence-electron chi connectivity index (χ3n) is 2.91. The predicted octanol–water partition coefficient (Wildman–Crippen LogP) is 2.59. The summed E-state index contributed by atoms with van der Waals surface area (Å²) in [5, 5.41) is 13.8. The van der Waals surface area contributed by atoms with Crippen LogP contribution in [0.25, 0.3) is 11.5 Å². The molecule has 20 heavy (non-hydrogen) atoms. The highest BCUT2D eigenvalue weighted by molar-refractivity contribution is 6.33. The van der Waals surface area contributed by atoms with Crippen molar-refractivity contribution in [1.82, 2.24) is 15.0 Å². The van der Waals surface area contributed by atoms with Gasteiger partial charge >= 0.3 is 0 Å². The topological polar surface area (TPSA) is 62.4 Å². The van der Waals surface area contributed by atoms with Crippen LogP contribution in [-0.2, 0) is 6.54 Å². The number of hydrogen-bond acceptors (Lipinski definition) is 5. The van der Waals surface area contributed by atoms with Crippen LogP contribution >= 0.6 is 11.6 Å². The molecule has 1 heterocycles. The molecule has 2 rings (SSSR count). The fraction of sp³-hybridized carbons (Fsp3) is 0.429. The summed E-state index contributed by atoms with van der Waals surface area (Å²) in [6.45, 7) is 3.12. The molecule has 0 radical (unpaired) electrons. The molecule has 1 aromatic heterocycles. The van der Waals surface area contributed by atoms with Crippen LogP contribution in [0.2, 0.25) is 5.02 Å². The maximum atomic E-state index is 9.26. The Hall–Kier alpha value is -1.43. The molecule has 0 amide bonds. The van der Waals surface area contributed by atoms with E-state index in [0.29, 0.717) is 29.7 Å². The van der Waals surface area contributed by atoms with Gasteiger partial charge in [-0.05, 0) is 32.5 Å². The van der Waals surface area contributed by atoms with Gasteiger partial charge in [0.1, 0.15) is 0 Å². The second-order valence-electron chi connectivity index (χ2n) is 4.87. The third kappa shape index (κ3) is 4.03. The number of aliphatic hydroxyl groups excluding tert-OH is 1. The zero-order valence-corrected chi connectivity index (χ0v) is 12.3. The maximum absolute atomic E-state index is 9.26. The lowest BCUT2D eigenvalue weighted by molar-refractivity contribution is 0.161. The molecule has 0 saturated heterocycles. The number of aliphatic hydroxyl groups is 1. The number of nitrogens with zero attached hydrogens (tertiary/aromatic N) is 3. The molecular formula is C14H18ClN3O2. The standard InChI is InChI=1S/C14H18ClN3O2/c1-10(19)7-8-18(2)9-13-16-14(20-17-13)11-5-3-4-6-12(11)15/h3-6,10,19H,7-9H2,1-2H3. The first-order chi connectivity index (χ1) is 9.56. The second-order valence-corrected chi connectivity index (χ2v) is 5.28. The molecule has 0 fully saturated rings. The van der Waals surface area contributed by atoms with Crippen LogP contribution in [0.5, 0.6) is 0 Å². The molecule has 0 aliphatic rings. The zero-order valence-electron chi connectivity index (χ0n) is 11.6. The Balaban J connectivity index is 2.01. The molecule has 1 atom stereocenters. The number of aromatic nitrogens is 2. The lowest BCUT2D eigenvalue weighted by atomic mass is 10.2. The van der Waals surface area contributed by atoms with Gasteiger partial charge in [0, 0.05) is 6.54 Å². The van der Waals surface area contributed by atoms with Crippen molar-refractivity contribution in [3.63, 3.8) is 0 Å². The van der Waals surface area contributed by atoms with Gasteiger partial charge in [-0.15, -0.1) is 0 Å². The molecule has 108 valence electrons. The molecule has 1 aromatic carbocycles. The first-order valence-electron chi connectivity index (χ1n) is 6.50. The van der Waals surface area contributed by atoms with Crippen molar-refractivity contribution >= 4 is 11.6 Å². The van der Waals surface area contributed by atoms with Gasteiger partial charge in [-0.1, -0.05) is 28.9 Å². The van der Waals surface area contributed by atoms with E-state index in [9.17, 15) is 5.11 Å². The maximum Gasteiger partial charge on any atom is 0.259 e. The lowest BCUT2D eigenvalue weighted by Gasteiger charge is -2.14. The van der Waals surface area contributed by atoms with Crippen LogP contribution in [0, 0.1) is 0 Å². The smallest absolute Gasteiger partial charge is 0.259 e. The van der Waals surface area contributed by atoms with Crippen LogP contribution in [0.4, 0.5) is 0 Å². The summed E-state index contributed by atoms with van der Waals surface area (Å²) in [7, 11) is 1.95. The highest BCUT2D eigenvalue weighted by Gasteiger charge is 2.13. The zero-order chi connectivity index (χ0) is 14.5. The van der Waals surface area contributed by atoms with Crippen LogP contribution in [-0.4, -0.2) is 39.8 Å². The van der Waals surface area contributed by atoms with Crippen LogP contribution < -0.4 is 0 Å². The largest absolute Gasteiger partial charge is 0.393 e. The van der Waals surface area contributed by atoms with Crippen LogP contribution in [0.15, 0.2) is 28.8 Å². The van der Waals surface area contributed by atoms with E-state index in [-0.39, 0.29) is 6.10 Å². The Morgan fingerprint density at radius 2 is 2.15 bits per heavy atom. The van der Waals surface area contributed by atoms with Crippen molar-refractivity contribution < 1.29 is 9.63 Å². The highest BCUT2D eigenvalue weighted by Crippen LogP contribution is 2.25. The summed E-state index contributed by atoms with van der Waals surface area (Å²) >= 11 is 6.09. The molecule has 1 N–H and O–H groups in total. The summed E-state index contributed by atoms with van der Waals surface area (Å²) in [6.07, 6.45) is 0.410. The minimum atomic E-state index is -0.304. The average molecular weight is 296 g/mol. The van der Waals surface area contributed by atoms with E-state index < -0.39 is 0 Å². The van der Waals surface area contributed by atoms with E-state index in [4.69, 9.17) is 16.1 Å². The van der Waals surface area contributed by atoms with E-state index in [1.807, 2.05) is 30.1 Å². The Labute approximate surface area is 123 Å². The van der Waals surface area contributed by atoms with Gasteiger partial charge in [0.2, 0.25) is 0 Å². The first-order valence-corrected chi connectivity index (χ1v) is 6.88. The molecular weight excluding hydrogens is 278 g/mol. The summed E-state index contributed by atoms with van der Waals surface area (Å²) in [5.41, 5.74) is 0.736. The van der Waals surface area contributed by atoms with Crippen molar-refractivity contribution in [1.29, 1.82) is 0 Å². The Morgan fingerprint density at radius 1 is 1.40 bits per heavy atom. The fourth-order valence-corrected chi connectivity index (χ4v) is 2.01. The normalized spacial score (nSPS) is 12.8. The Bertz CT molecular complexity index is 557. The molecule has 2 aromatic rings. The molecule has 1 unspecified atom stereocenters. The van der Waals surface area contributed by atoms with E-state index in [1.54, 1.807) is 13.0 Å². The van der Waals surface area contributed by atoms with E-state index in [1.165, 1.54) is 0 Å². The molecule has 6 heteroatoms. The van der Waals surface area contributed by atoms with Crippen molar-refractivity contribution in [3.05, 3.63) is 35.1 Å². The SMILES string of the molecule is CC(O)CCN(C)Cc1noc(-c2ccccc2Cl)n1. The summed E-state index contributed by atoms with van der Waals surface area (Å²) in [5.74, 6) is 1.03. The summed E-state index contributed by atoms with van der Waals surface area (Å²) in [4.78, 5) is 6.38. The van der Waals surface area contributed by atoms with Crippen molar-refractivity contribution in [3.8, 4) is 11.5 Å². The Kier molecular flexibility index (Phi) is 5.11. The van der Waals surface area contributed by atoms with E-state index in [0.717, 1.165) is 12.1 Å². The Morgan fingerprint density at radius 3 is 2.85 bits per heavy atom. The van der Waals surface area contributed by atoms with E-state index in [2.05, 4.69) is 10.1 Å². The number of hydrogen-bond donors (Lipinski definition) is 1. The predicted molar refractivity (Wildman–Crippen MR) is 77.4 cm³/mol. The van der Waals surface area contributed by atoms with Crippen molar-refractivity contribution in [2.75, 3.05) is 13.6 Å². The minimum Gasteiger partial charge on any atom is -0.393 e. The third-order valence-corrected chi connectivity index (χ3v) is 3.24. The van der Waals surface area contributed by atoms with Crippen molar-refractivity contribution in [2.24, 2.45) is 0 Å². The lowest BCUT2D eigenvalue weighted by Crippen LogP contribution is -2.22. The number of halogens is 1. The summed E-state index contributed by atoms with van der Waals surface area (Å²) in [6, 6.07) is 7.36. The number of rotatable bonds is 6. The van der Waals surface area contributed by atoms with Gasteiger partial charge in [0.15, 0.2) is 5.82 Å². The quantitative estimate of drug-likeness (QED) is 0.887. The van der Waals surface area contributed by atoms with Gasteiger partial charge in [-0.2, -0.15) is 4.98 Å². The second kappa shape index (κ2) is 6.83. The van der Waals surface area contributed by atoms with Gasteiger partial charge in [-0.25, -0.2) is 0 Å². The van der Waals surface area contributed by atoms with Gasteiger partial charge in [0.05, 0.1) is 23.2 Å². The average Bonchev–Trinajstić information content (AvgIpc) is 2.85. The highest BCUT2D eigenvalue weighted by atomic mass is 35.5. The fourth-order valence-electron chi connectivity index (χ4n) is 1.79. The van der Waals surface area contributed by atoms with Crippen molar-refractivity contribution in [2.45, 2.75) is 26.0 Å². The molecule has 0 aliphatic carbocycles. The molecule has 0 spiro atoms.